The van der Waals surface area contributed by atoms with Crippen LogP contribution in [0.15, 0.2) is 54.6 Å². The number of carbonyl (C=O) groups is 1. The predicted molar refractivity (Wildman–Crippen MR) is 96.6 cm³/mol. The molecule has 0 fully saturated rings. The minimum absolute atomic E-state index is 0.305. The molecule has 0 radical (unpaired) electrons. The molecule has 0 saturated heterocycles. The molecule has 1 N–H and O–H groups in total. The number of nitrogens with zero attached hydrogens (tertiary/aromatic N) is 2. The van der Waals surface area contributed by atoms with Crippen LogP contribution >= 0.6 is 0 Å². The van der Waals surface area contributed by atoms with E-state index >= 15 is 0 Å². The highest BCUT2D eigenvalue weighted by Crippen LogP contribution is 2.29. The molecule has 3 rings (SSSR count). The van der Waals surface area contributed by atoms with E-state index in [1.54, 1.807) is 12.1 Å². The van der Waals surface area contributed by atoms with Crippen LogP contribution in [-0.2, 0) is 12.7 Å². The van der Waals surface area contributed by atoms with E-state index in [1.165, 1.54) is 12.1 Å². The lowest BCUT2D eigenvalue weighted by molar-refractivity contribution is -0.137. The average molecular weight is 373 g/mol. The van der Waals surface area contributed by atoms with Gasteiger partial charge in [-0.1, -0.05) is 12.1 Å². The van der Waals surface area contributed by atoms with Crippen LogP contribution in [-0.4, -0.2) is 15.7 Å². The third kappa shape index (κ3) is 4.55. The van der Waals surface area contributed by atoms with Crippen LogP contribution in [0.5, 0.6) is 0 Å². The van der Waals surface area contributed by atoms with Gasteiger partial charge in [-0.15, -0.1) is 0 Å². The number of hydrogen-bond acceptors (Lipinski definition) is 2. The number of amides is 1. The van der Waals surface area contributed by atoms with E-state index in [0.717, 1.165) is 29.1 Å². The van der Waals surface area contributed by atoms with Gasteiger partial charge >= 0.3 is 6.18 Å². The number of alkyl halides is 3. The fourth-order valence-corrected chi connectivity index (χ4v) is 2.72. The van der Waals surface area contributed by atoms with Gasteiger partial charge in [-0.2, -0.15) is 18.3 Å². The normalized spacial score (nSPS) is 11.4. The lowest BCUT2D eigenvalue weighted by atomic mass is 10.1. The Balaban J connectivity index is 1.66. The lowest BCUT2D eigenvalue weighted by Crippen LogP contribution is -2.12. The SMILES string of the molecule is Cc1cc(C)n(Cc2ccc(C(=O)Nc3ccc(C(F)(F)F)cc3)cc2)n1. The zero-order valence-electron chi connectivity index (χ0n) is 14.8. The Morgan fingerprint density at radius 3 is 2.19 bits per heavy atom. The molecule has 0 aliphatic carbocycles. The lowest BCUT2D eigenvalue weighted by Gasteiger charge is -2.09. The minimum atomic E-state index is -4.40. The standard InChI is InChI=1S/C20H18F3N3O/c1-13-11-14(2)26(25-13)12-15-3-5-16(6-4-15)19(27)24-18-9-7-17(8-10-18)20(21,22)23/h3-11H,12H2,1-2H3,(H,24,27). The number of benzene rings is 2. The molecular weight excluding hydrogens is 355 g/mol. The van der Waals surface area contributed by atoms with Gasteiger partial charge in [-0.3, -0.25) is 9.48 Å². The maximum atomic E-state index is 12.6. The van der Waals surface area contributed by atoms with E-state index in [-0.39, 0.29) is 5.91 Å². The second kappa shape index (κ2) is 7.26. The summed E-state index contributed by atoms with van der Waals surface area (Å²) in [6, 6.07) is 13.4. The molecule has 1 heterocycles. The Labute approximate surface area is 154 Å². The highest BCUT2D eigenvalue weighted by molar-refractivity contribution is 6.04. The fraction of sp³-hybridized carbons (Fsp3) is 0.200. The van der Waals surface area contributed by atoms with Crippen molar-refractivity contribution >= 4 is 11.6 Å². The van der Waals surface area contributed by atoms with Gasteiger partial charge in [0.05, 0.1) is 17.8 Å². The van der Waals surface area contributed by atoms with E-state index in [0.29, 0.717) is 17.8 Å². The molecule has 2 aromatic carbocycles. The second-order valence-corrected chi connectivity index (χ2v) is 6.31. The van der Waals surface area contributed by atoms with Crippen molar-refractivity contribution in [1.82, 2.24) is 9.78 Å². The molecule has 3 aromatic rings. The fourth-order valence-electron chi connectivity index (χ4n) is 2.72. The highest BCUT2D eigenvalue weighted by atomic mass is 19.4. The molecule has 140 valence electrons. The number of anilines is 1. The maximum absolute atomic E-state index is 12.6. The van der Waals surface area contributed by atoms with Gasteiger partial charge in [0.1, 0.15) is 0 Å². The van der Waals surface area contributed by atoms with Crippen molar-refractivity contribution in [1.29, 1.82) is 0 Å². The smallest absolute Gasteiger partial charge is 0.322 e. The molecule has 0 aliphatic rings. The van der Waals surface area contributed by atoms with Gasteiger partial charge in [0.25, 0.3) is 5.91 Å². The number of nitrogens with one attached hydrogen (secondary N) is 1. The molecule has 7 heteroatoms. The summed E-state index contributed by atoms with van der Waals surface area (Å²) in [6.07, 6.45) is -4.40. The van der Waals surface area contributed by atoms with E-state index < -0.39 is 11.7 Å². The zero-order chi connectivity index (χ0) is 19.6. The number of rotatable bonds is 4. The summed E-state index contributed by atoms with van der Waals surface area (Å²) in [5, 5.41) is 7.00. The van der Waals surface area contributed by atoms with Crippen molar-refractivity contribution in [2.75, 3.05) is 5.32 Å². The first-order valence-electron chi connectivity index (χ1n) is 8.31. The van der Waals surface area contributed by atoms with Crippen molar-refractivity contribution in [3.05, 3.63) is 82.7 Å². The zero-order valence-corrected chi connectivity index (χ0v) is 14.8. The second-order valence-electron chi connectivity index (χ2n) is 6.31. The molecule has 0 saturated carbocycles. The van der Waals surface area contributed by atoms with Gasteiger partial charge in [0.15, 0.2) is 0 Å². The Bertz CT molecular complexity index is 942. The summed E-state index contributed by atoms with van der Waals surface area (Å²) in [5.41, 5.74) is 2.96. The first kappa shape index (κ1) is 18.7. The molecule has 1 amide bonds. The molecule has 0 spiro atoms. The predicted octanol–water partition coefficient (Wildman–Crippen LogP) is 4.82. The Hall–Kier alpha value is -3.09. The van der Waals surface area contributed by atoms with Crippen LogP contribution in [0.25, 0.3) is 0 Å². The third-order valence-electron chi connectivity index (χ3n) is 4.12. The molecule has 0 atom stereocenters. The maximum Gasteiger partial charge on any atom is 0.416 e. The summed E-state index contributed by atoms with van der Waals surface area (Å²) in [4.78, 5) is 12.3. The van der Waals surface area contributed by atoms with E-state index in [4.69, 9.17) is 0 Å². The first-order valence-corrected chi connectivity index (χ1v) is 8.31. The highest BCUT2D eigenvalue weighted by Gasteiger charge is 2.29. The van der Waals surface area contributed by atoms with Gasteiger partial charge in [-0.05, 0) is 61.9 Å². The van der Waals surface area contributed by atoms with Crippen LogP contribution in [0.3, 0.4) is 0 Å². The van der Waals surface area contributed by atoms with E-state index in [1.807, 2.05) is 36.7 Å². The van der Waals surface area contributed by atoms with Gasteiger partial charge in [-0.25, -0.2) is 0 Å². The minimum Gasteiger partial charge on any atom is -0.322 e. The molecule has 4 nitrogen and oxygen atoms in total. The monoisotopic (exact) mass is 373 g/mol. The van der Waals surface area contributed by atoms with Crippen molar-refractivity contribution in [3.63, 3.8) is 0 Å². The third-order valence-corrected chi connectivity index (χ3v) is 4.12. The van der Waals surface area contributed by atoms with Gasteiger partial charge in [0, 0.05) is 16.9 Å². The van der Waals surface area contributed by atoms with Crippen LogP contribution in [0, 0.1) is 13.8 Å². The van der Waals surface area contributed by atoms with Crippen LogP contribution in [0.4, 0.5) is 18.9 Å². The van der Waals surface area contributed by atoms with Gasteiger partial charge < -0.3 is 5.32 Å². The largest absolute Gasteiger partial charge is 0.416 e. The first-order chi connectivity index (χ1) is 12.7. The van der Waals surface area contributed by atoms with Gasteiger partial charge in [0.2, 0.25) is 0 Å². The molecule has 0 aliphatic heterocycles. The molecule has 0 bridgehead atoms. The molecule has 1 aromatic heterocycles. The van der Waals surface area contributed by atoms with Crippen molar-refractivity contribution in [2.45, 2.75) is 26.6 Å². The summed E-state index contributed by atoms with van der Waals surface area (Å²) in [6.45, 7) is 4.50. The van der Waals surface area contributed by atoms with E-state index in [9.17, 15) is 18.0 Å². The topological polar surface area (TPSA) is 46.9 Å². The summed E-state index contributed by atoms with van der Waals surface area (Å²) < 4.78 is 39.6. The Kier molecular flexibility index (Phi) is 5.03. The van der Waals surface area contributed by atoms with Crippen LogP contribution < -0.4 is 5.32 Å². The number of hydrogen-bond donors (Lipinski definition) is 1. The molecule has 0 unspecified atom stereocenters. The summed E-state index contributed by atoms with van der Waals surface area (Å²) >= 11 is 0. The van der Waals surface area contributed by atoms with E-state index in [2.05, 4.69) is 10.4 Å². The number of aryl methyl sites for hydroxylation is 2. The Morgan fingerprint density at radius 1 is 1.04 bits per heavy atom. The van der Waals surface area contributed by atoms with Crippen LogP contribution in [0.2, 0.25) is 0 Å². The van der Waals surface area contributed by atoms with Crippen molar-refractivity contribution in [2.24, 2.45) is 0 Å². The molecular formula is C20H18F3N3O. The van der Waals surface area contributed by atoms with Crippen molar-refractivity contribution < 1.29 is 18.0 Å². The summed E-state index contributed by atoms with van der Waals surface area (Å²) in [7, 11) is 0. The number of aromatic nitrogens is 2. The average Bonchev–Trinajstić information content (AvgIpc) is 2.92. The van der Waals surface area contributed by atoms with Crippen molar-refractivity contribution in [3.8, 4) is 0 Å². The number of carbonyl (C=O) groups excluding carboxylic acids is 1. The Morgan fingerprint density at radius 2 is 1.67 bits per heavy atom. The number of halogens is 3. The quantitative estimate of drug-likeness (QED) is 0.713. The molecule has 27 heavy (non-hydrogen) atoms. The van der Waals surface area contributed by atoms with Crippen LogP contribution in [0.1, 0.15) is 32.9 Å². The summed E-state index contributed by atoms with van der Waals surface area (Å²) in [5.74, 6) is -0.382.